The van der Waals surface area contributed by atoms with Crippen molar-refractivity contribution in [2.75, 3.05) is 18.0 Å². The van der Waals surface area contributed by atoms with Gasteiger partial charge in [0.1, 0.15) is 5.82 Å². The molecule has 1 fully saturated rings. The zero-order chi connectivity index (χ0) is 20.6. The van der Waals surface area contributed by atoms with Gasteiger partial charge in [0.25, 0.3) is 0 Å². The Kier molecular flexibility index (Phi) is 6.80. The monoisotopic (exact) mass is 393 g/mol. The summed E-state index contributed by atoms with van der Waals surface area (Å²) in [5.74, 6) is 0.332. The van der Waals surface area contributed by atoms with Crippen molar-refractivity contribution < 1.29 is 9.18 Å². The Bertz CT molecular complexity index is 933. The zero-order valence-electron chi connectivity index (χ0n) is 16.4. The van der Waals surface area contributed by atoms with Gasteiger partial charge >= 0.3 is 0 Å². The van der Waals surface area contributed by atoms with Crippen LogP contribution >= 0.6 is 0 Å². The third-order valence-corrected chi connectivity index (χ3v) is 4.71. The highest BCUT2D eigenvalue weighted by Crippen LogP contribution is 2.21. The Morgan fingerprint density at radius 3 is 2.66 bits per heavy atom. The maximum Gasteiger partial charge on any atom is 0.227 e. The topological polar surface area (TPSA) is 80.5 Å². The number of nitrogens with one attached hydrogen (secondary N) is 2. The molecular formula is C22H24FN5O. The molecule has 0 spiro atoms. The first-order chi connectivity index (χ1) is 14.1. The number of anilines is 1. The first-order valence-electron chi connectivity index (χ1n) is 9.70. The van der Waals surface area contributed by atoms with Gasteiger partial charge in [0.15, 0.2) is 5.96 Å². The highest BCUT2D eigenvalue weighted by molar-refractivity contribution is 5.95. The van der Waals surface area contributed by atoms with Crippen molar-refractivity contribution >= 4 is 17.6 Å². The highest BCUT2D eigenvalue weighted by atomic mass is 19.1. The summed E-state index contributed by atoms with van der Waals surface area (Å²) in [5.41, 5.74) is 2.70. The molecule has 0 saturated carbocycles. The second kappa shape index (κ2) is 9.69. The van der Waals surface area contributed by atoms with Crippen LogP contribution in [0.5, 0.6) is 0 Å². The molecule has 1 amide bonds. The summed E-state index contributed by atoms with van der Waals surface area (Å²) in [6.45, 7) is 4.13. The summed E-state index contributed by atoms with van der Waals surface area (Å²) in [5, 5.41) is 15.1. The van der Waals surface area contributed by atoms with Gasteiger partial charge in [-0.15, -0.1) is 0 Å². The number of nitrogens with zero attached hydrogens (tertiary/aromatic N) is 3. The van der Waals surface area contributed by atoms with Gasteiger partial charge in [0.05, 0.1) is 18.2 Å². The third-order valence-electron chi connectivity index (χ3n) is 4.71. The highest BCUT2D eigenvalue weighted by Gasteiger charge is 2.21. The van der Waals surface area contributed by atoms with E-state index in [9.17, 15) is 9.18 Å². The van der Waals surface area contributed by atoms with Gasteiger partial charge in [-0.1, -0.05) is 18.2 Å². The summed E-state index contributed by atoms with van der Waals surface area (Å²) < 4.78 is 14.0. The molecule has 0 unspecified atom stereocenters. The smallest absolute Gasteiger partial charge is 0.227 e. The van der Waals surface area contributed by atoms with Gasteiger partial charge in [-0.3, -0.25) is 4.79 Å². The predicted molar refractivity (Wildman–Crippen MR) is 111 cm³/mol. The summed E-state index contributed by atoms with van der Waals surface area (Å²) in [4.78, 5) is 18.2. The number of hydrogen-bond donors (Lipinski definition) is 2. The fourth-order valence-corrected chi connectivity index (χ4v) is 3.15. The number of carbonyl (C=O) groups is 1. The second-order valence-corrected chi connectivity index (χ2v) is 6.78. The number of benzene rings is 2. The number of amides is 1. The lowest BCUT2D eigenvalue weighted by atomic mass is 10.1. The Morgan fingerprint density at radius 1 is 1.24 bits per heavy atom. The van der Waals surface area contributed by atoms with E-state index in [0.717, 1.165) is 24.2 Å². The molecule has 6 nitrogen and oxygen atoms in total. The minimum Gasteiger partial charge on any atom is -0.357 e. The molecule has 0 aromatic heterocycles. The van der Waals surface area contributed by atoms with Crippen LogP contribution in [0.25, 0.3) is 0 Å². The molecule has 2 aromatic carbocycles. The van der Waals surface area contributed by atoms with E-state index >= 15 is 0 Å². The molecule has 2 N–H and O–H groups in total. The SMILES string of the molecule is CCNC(=NCc1ccc(N2CCCC2=O)cc1)NCc1ccc(C#N)cc1F. The zero-order valence-corrected chi connectivity index (χ0v) is 16.4. The molecule has 0 radical (unpaired) electrons. The van der Waals surface area contributed by atoms with Crippen LogP contribution in [0.15, 0.2) is 47.5 Å². The first kappa shape index (κ1) is 20.3. The van der Waals surface area contributed by atoms with E-state index in [1.54, 1.807) is 12.1 Å². The van der Waals surface area contributed by atoms with E-state index in [0.29, 0.717) is 36.6 Å². The van der Waals surface area contributed by atoms with Crippen molar-refractivity contribution in [3.63, 3.8) is 0 Å². The van der Waals surface area contributed by atoms with Gasteiger partial charge in [0, 0.05) is 37.3 Å². The van der Waals surface area contributed by atoms with Crippen molar-refractivity contribution in [1.82, 2.24) is 10.6 Å². The van der Waals surface area contributed by atoms with Crippen molar-refractivity contribution in [3.8, 4) is 6.07 Å². The Labute approximate surface area is 170 Å². The van der Waals surface area contributed by atoms with Crippen molar-refractivity contribution in [2.24, 2.45) is 4.99 Å². The van der Waals surface area contributed by atoms with Crippen molar-refractivity contribution in [3.05, 3.63) is 65.0 Å². The maximum absolute atomic E-state index is 14.0. The molecule has 0 aliphatic carbocycles. The minimum absolute atomic E-state index is 0.171. The normalized spacial score (nSPS) is 14.0. The first-order valence-corrected chi connectivity index (χ1v) is 9.70. The van der Waals surface area contributed by atoms with Gasteiger partial charge < -0.3 is 15.5 Å². The van der Waals surface area contributed by atoms with Crippen LogP contribution in [0.3, 0.4) is 0 Å². The summed E-state index contributed by atoms with van der Waals surface area (Å²) in [6, 6.07) is 14.2. The van der Waals surface area contributed by atoms with E-state index in [2.05, 4.69) is 15.6 Å². The Morgan fingerprint density at radius 2 is 2.03 bits per heavy atom. The standard InChI is InChI=1S/C22H24FN5O/c1-2-25-22(27-15-18-8-5-17(13-24)12-20(18)23)26-14-16-6-9-19(10-7-16)28-11-3-4-21(28)29/h5-10,12H,2-4,11,14-15H2,1H3,(H2,25,26,27). The van der Waals surface area contributed by atoms with Crippen LogP contribution in [0.4, 0.5) is 10.1 Å². The molecule has 1 aliphatic heterocycles. The van der Waals surface area contributed by atoms with Gasteiger partial charge in [-0.2, -0.15) is 5.26 Å². The number of carbonyl (C=O) groups excluding carboxylic acids is 1. The van der Waals surface area contributed by atoms with E-state index in [1.165, 1.54) is 6.07 Å². The van der Waals surface area contributed by atoms with Crippen LogP contribution in [0, 0.1) is 17.1 Å². The molecule has 2 aromatic rings. The van der Waals surface area contributed by atoms with E-state index in [-0.39, 0.29) is 12.5 Å². The minimum atomic E-state index is -0.417. The van der Waals surface area contributed by atoms with E-state index in [1.807, 2.05) is 42.2 Å². The predicted octanol–water partition coefficient (Wildman–Crippen LogP) is 3.08. The number of aliphatic imine (C=N–C) groups is 1. The third kappa shape index (κ3) is 5.32. The average Bonchev–Trinajstić information content (AvgIpc) is 3.17. The fraction of sp³-hybridized carbons (Fsp3) is 0.318. The van der Waals surface area contributed by atoms with Crippen LogP contribution in [-0.4, -0.2) is 25.0 Å². The number of guanidine groups is 1. The Hall–Kier alpha value is -3.40. The molecule has 0 atom stereocenters. The molecule has 3 rings (SSSR count). The second-order valence-electron chi connectivity index (χ2n) is 6.78. The van der Waals surface area contributed by atoms with Gasteiger partial charge in [-0.25, -0.2) is 9.38 Å². The summed E-state index contributed by atoms with van der Waals surface area (Å²) >= 11 is 0. The quantitative estimate of drug-likeness (QED) is 0.584. The van der Waals surface area contributed by atoms with Crippen LogP contribution < -0.4 is 15.5 Å². The summed E-state index contributed by atoms with van der Waals surface area (Å²) in [7, 11) is 0. The van der Waals surface area contributed by atoms with E-state index < -0.39 is 5.82 Å². The van der Waals surface area contributed by atoms with Crippen LogP contribution in [0.1, 0.15) is 36.5 Å². The lowest BCUT2D eigenvalue weighted by Crippen LogP contribution is -2.37. The molecule has 7 heteroatoms. The molecular weight excluding hydrogens is 369 g/mol. The fourth-order valence-electron chi connectivity index (χ4n) is 3.15. The largest absolute Gasteiger partial charge is 0.357 e. The van der Waals surface area contributed by atoms with Crippen molar-refractivity contribution in [1.29, 1.82) is 5.26 Å². The number of rotatable bonds is 6. The van der Waals surface area contributed by atoms with Gasteiger partial charge in [-0.05, 0) is 43.2 Å². The maximum atomic E-state index is 14.0. The molecule has 1 heterocycles. The molecule has 150 valence electrons. The van der Waals surface area contributed by atoms with Crippen LogP contribution in [-0.2, 0) is 17.9 Å². The molecule has 1 aliphatic rings. The number of nitriles is 1. The molecule has 0 bridgehead atoms. The Balaban J connectivity index is 1.61. The average molecular weight is 393 g/mol. The molecule has 1 saturated heterocycles. The van der Waals surface area contributed by atoms with Gasteiger partial charge in [0.2, 0.25) is 5.91 Å². The van der Waals surface area contributed by atoms with Crippen molar-refractivity contribution in [2.45, 2.75) is 32.9 Å². The lowest BCUT2D eigenvalue weighted by molar-refractivity contribution is -0.117. The van der Waals surface area contributed by atoms with E-state index in [4.69, 9.17) is 5.26 Å². The summed E-state index contributed by atoms with van der Waals surface area (Å²) in [6.07, 6.45) is 1.52. The number of hydrogen-bond acceptors (Lipinski definition) is 3. The lowest BCUT2D eigenvalue weighted by Gasteiger charge is -2.16. The molecule has 29 heavy (non-hydrogen) atoms. The number of halogens is 1. The van der Waals surface area contributed by atoms with Crippen LogP contribution in [0.2, 0.25) is 0 Å².